The first-order valence-electron chi connectivity index (χ1n) is 6.98. The first-order valence-corrected chi connectivity index (χ1v) is 6.98. The molecule has 3 N–H and O–H groups in total. The Bertz CT molecular complexity index is 439. The van der Waals surface area contributed by atoms with E-state index in [2.05, 4.69) is 17.1 Å². The smallest absolute Gasteiger partial charge is 0.170 e. The SMILES string of the molecule is CN(Cc1ccccc1/C(N)=N/O)C1CCCCC1. The summed E-state index contributed by atoms with van der Waals surface area (Å²) in [6.07, 6.45) is 6.59. The summed E-state index contributed by atoms with van der Waals surface area (Å²) in [5, 5.41) is 12.0. The molecule has 0 saturated heterocycles. The van der Waals surface area contributed by atoms with E-state index in [-0.39, 0.29) is 5.84 Å². The van der Waals surface area contributed by atoms with Gasteiger partial charge in [-0.3, -0.25) is 4.90 Å². The van der Waals surface area contributed by atoms with Gasteiger partial charge >= 0.3 is 0 Å². The molecule has 4 nitrogen and oxygen atoms in total. The average Bonchev–Trinajstić information content (AvgIpc) is 2.48. The molecule has 0 bridgehead atoms. The number of benzene rings is 1. The molecule has 0 spiro atoms. The lowest BCUT2D eigenvalue weighted by molar-refractivity contribution is 0.184. The van der Waals surface area contributed by atoms with Crippen LogP contribution in [0.25, 0.3) is 0 Å². The second-order valence-electron chi connectivity index (χ2n) is 5.35. The molecule has 0 aromatic heterocycles. The minimum Gasteiger partial charge on any atom is -0.409 e. The molecule has 4 heteroatoms. The van der Waals surface area contributed by atoms with Crippen molar-refractivity contribution < 1.29 is 5.21 Å². The maximum atomic E-state index is 8.84. The molecule has 2 rings (SSSR count). The zero-order valence-electron chi connectivity index (χ0n) is 11.5. The Morgan fingerprint density at radius 3 is 2.68 bits per heavy atom. The van der Waals surface area contributed by atoms with Crippen molar-refractivity contribution in [1.29, 1.82) is 0 Å². The fraction of sp³-hybridized carbons (Fsp3) is 0.533. The molecule has 1 aromatic rings. The normalized spacial score (nSPS) is 17.9. The quantitative estimate of drug-likeness (QED) is 0.379. The Morgan fingerprint density at radius 1 is 1.32 bits per heavy atom. The zero-order valence-corrected chi connectivity index (χ0v) is 11.5. The van der Waals surface area contributed by atoms with Crippen molar-refractivity contribution in [3.8, 4) is 0 Å². The van der Waals surface area contributed by atoms with Crippen LogP contribution in [0.1, 0.15) is 43.2 Å². The monoisotopic (exact) mass is 261 g/mol. The largest absolute Gasteiger partial charge is 0.409 e. The summed E-state index contributed by atoms with van der Waals surface area (Å²) in [6, 6.07) is 8.52. The summed E-state index contributed by atoms with van der Waals surface area (Å²) >= 11 is 0. The predicted molar refractivity (Wildman–Crippen MR) is 77.3 cm³/mol. The van der Waals surface area contributed by atoms with Crippen LogP contribution in [-0.4, -0.2) is 29.0 Å². The predicted octanol–water partition coefficient (Wildman–Crippen LogP) is 2.55. The molecule has 0 aliphatic heterocycles. The average molecular weight is 261 g/mol. The van der Waals surface area contributed by atoms with E-state index >= 15 is 0 Å². The van der Waals surface area contributed by atoms with E-state index in [1.54, 1.807) is 0 Å². The molecule has 19 heavy (non-hydrogen) atoms. The van der Waals surface area contributed by atoms with Gasteiger partial charge in [0.15, 0.2) is 5.84 Å². The summed E-state index contributed by atoms with van der Waals surface area (Å²) in [6.45, 7) is 0.844. The number of hydrogen-bond donors (Lipinski definition) is 2. The standard InChI is InChI=1S/C15H23N3O/c1-18(13-8-3-2-4-9-13)11-12-7-5-6-10-14(12)15(16)17-19/h5-7,10,13,19H,2-4,8-9,11H2,1H3,(H2,16,17). The van der Waals surface area contributed by atoms with Crippen LogP contribution in [0, 0.1) is 0 Å². The Morgan fingerprint density at radius 2 is 2.00 bits per heavy atom. The third-order valence-corrected chi connectivity index (χ3v) is 4.02. The molecule has 1 aliphatic rings. The van der Waals surface area contributed by atoms with Gasteiger partial charge < -0.3 is 10.9 Å². The number of nitrogens with two attached hydrogens (primary N) is 1. The molecule has 1 saturated carbocycles. The molecule has 0 heterocycles. The van der Waals surface area contributed by atoms with Gasteiger partial charge in [-0.2, -0.15) is 0 Å². The fourth-order valence-corrected chi connectivity index (χ4v) is 2.88. The number of nitrogens with zero attached hydrogens (tertiary/aromatic N) is 2. The van der Waals surface area contributed by atoms with Gasteiger partial charge in [0.2, 0.25) is 0 Å². The molecule has 1 aliphatic carbocycles. The van der Waals surface area contributed by atoms with Crippen LogP contribution < -0.4 is 5.73 Å². The van der Waals surface area contributed by atoms with Crippen molar-refractivity contribution in [3.05, 3.63) is 35.4 Å². The highest BCUT2D eigenvalue weighted by Gasteiger charge is 2.19. The Hall–Kier alpha value is -1.55. The molecule has 1 aromatic carbocycles. The zero-order chi connectivity index (χ0) is 13.7. The van der Waals surface area contributed by atoms with Gasteiger partial charge in [-0.25, -0.2) is 0 Å². The van der Waals surface area contributed by atoms with E-state index < -0.39 is 0 Å². The lowest BCUT2D eigenvalue weighted by atomic mass is 9.94. The maximum Gasteiger partial charge on any atom is 0.170 e. The lowest BCUT2D eigenvalue weighted by Gasteiger charge is -2.31. The van der Waals surface area contributed by atoms with Gasteiger partial charge in [0.05, 0.1) is 0 Å². The van der Waals surface area contributed by atoms with Crippen LogP contribution >= 0.6 is 0 Å². The second kappa shape index (κ2) is 6.57. The third-order valence-electron chi connectivity index (χ3n) is 4.02. The van der Waals surface area contributed by atoms with Gasteiger partial charge in [0.25, 0.3) is 0 Å². The highest BCUT2D eigenvalue weighted by atomic mass is 16.4. The summed E-state index contributed by atoms with van der Waals surface area (Å²) in [5.74, 6) is 0.188. The van der Waals surface area contributed by atoms with Crippen molar-refractivity contribution in [2.24, 2.45) is 10.9 Å². The van der Waals surface area contributed by atoms with Crippen LogP contribution in [0.2, 0.25) is 0 Å². The summed E-state index contributed by atoms with van der Waals surface area (Å²) in [5.41, 5.74) is 7.67. The van der Waals surface area contributed by atoms with Crippen molar-refractivity contribution in [2.45, 2.75) is 44.7 Å². The maximum absolute atomic E-state index is 8.84. The molecule has 104 valence electrons. The highest BCUT2D eigenvalue weighted by Crippen LogP contribution is 2.23. The van der Waals surface area contributed by atoms with Crippen LogP contribution in [-0.2, 0) is 6.54 Å². The lowest BCUT2D eigenvalue weighted by Crippen LogP contribution is -2.33. The molecule has 1 fully saturated rings. The van der Waals surface area contributed by atoms with Crippen molar-refractivity contribution in [3.63, 3.8) is 0 Å². The summed E-state index contributed by atoms with van der Waals surface area (Å²) in [4.78, 5) is 2.39. The van der Waals surface area contributed by atoms with Gasteiger partial charge in [-0.15, -0.1) is 0 Å². The second-order valence-corrected chi connectivity index (χ2v) is 5.35. The van der Waals surface area contributed by atoms with E-state index in [1.807, 2.05) is 24.3 Å². The van der Waals surface area contributed by atoms with Gasteiger partial charge in [0, 0.05) is 18.2 Å². The van der Waals surface area contributed by atoms with E-state index in [9.17, 15) is 0 Å². The van der Waals surface area contributed by atoms with Crippen molar-refractivity contribution >= 4 is 5.84 Å². The molecule has 0 amide bonds. The molecular formula is C15H23N3O. The minimum atomic E-state index is 0.188. The van der Waals surface area contributed by atoms with E-state index in [4.69, 9.17) is 10.9 Å². The molecule has 0 atom stereocenters. The van der Waals surface area contributed by atoms with Gasteiger partial charge in [-0.05, 0) is 25.5 Å². The Balaban J connectivity index is 2.09. The summed E-state index contributed by atoms with van der Waals surface area (Å²) < 4.78 is 0. The third kappa shape index (κ3) is 3.47. The van der Waals surface area contributed by atoms with Crippen LogP contribution in [0.3, 0.4) is 0 Å². The van der Waals surface area contributed by atoms with Crippen molar-refractivity contribution in [1.82, 2.24) is 4.90 Å². The molecular weight excluding hydrogens is 238 g/mol. The minimum absolute atomic E-state index is 0.188. The van der Waals surface area contributed by atoms with Crippen molar-refractivity contribution in [2.75, 3.05) is 7.05 Å². The number of oxime groups is 1. The molecule has 0 unspecified atom stereocenters. The topological polar surface area (TPSA) is 61.8 Å². The fourth-order valence-electron chi connectivity index (χ4n) is 2.88. The van der Waals surface area contributed by atoms with Crippen LogP contribution in [0.5, 0.6) is 0 Å². The van der Waals surface area contributed by atoms with E-state index in [0.29, 0.717) is 6.04 Å². The first kappa shape index (κ1) is 13.9. The van der Waals surface area contributed by atoms with Crippen LogP contribution in [0.4, 0.5) is 0 Å². The van der Waals surface area contributed by atoms with Gasteiger partial charge in [-0.1, -0.05) is 48.7 Å². The highest BCUT2D eigenvalue weighted by molar-refractivity contribution is 5.98. The Kier molecular flexibility index (Phi) is 4.80. The molecule has 0 radical (unpaired) electrons. The summed E-state index contributed by atoms with van der Waals surface area (Å²) in [7, 11) is 2.17. The number of rotatable bonds is 4. The number of amidine groups is 1. The Labute approximate surface area is 114 Å². The number of hydrogen-bond acceptors (Lipinski definition) is 3. The van der Waals surface area contributed by atoms with Crippen LogP contribution in [0.15, 0.2) is 29.4 Å². The first-order chi connectivity index (χ1) is 9.22. The van der Waals surface area contributed by atoms with E-state index in [1.165, 1.54) is 32.1 Å². The van der Waals surface area contributed by atoms with E-state index in [0.717, 1.165) is 17.7 Å². The van der Waals surface area contributed by atoms with Gasteiger partial charge in [0.1, 0.15) is 0 Å².